The molecule has 5 aromatic rings. The molecular formula is C25H21N5O2S2. The highest BCUT2D eigenvalue weighted by Gasteiger charge is 2.18. The summed E-state index contributed by atoms with van der Waals surface area (Å²) in [4.78, 5) is 17.1. The van der Waals surface area contributed by atoms with Crippen LogP contribution in [-0.2, 0) is 17.0 Å². The number of anilines is 1. The van der Waals surface area contributed by atoms with Gasteiger partial charge in [-0.3, -0.25) is 9.36 Å². The van der Waals surface area contributed by atoms with Crippen molar-refractivity contribution in [2.45, 2.75) is 24.3 Å². The lowest BCUT2D eigenvalue weighted by atomic mass is 10.2. The predicted octanol–water partition coefficient (Wildman–Crippen LogP) is 5.77. The molecule has 0 bridgehead atoms. The summed E-state index contributed by atoms with van der Waals surface area (Å²) in [5.74, 6) is 1.83. The second kappa shape index (κ2) is 10.1. The Balaban J connectivity index is 1.28. The van der Waals surface area contributed by atoms with Crippen LogP contribution in [0.15, 0.2) is 87.9 Å². The summed E-state index contributed by atoms with van der Waals surface area (Å²) in [5, 5.41) is 15.2. The normalized spacial score (nSPS) is 11.0. The third-order valence-corrected chi connectivity index (χ3v) is 6.93. The Hall–Kier alpha value is -3.69. The van der Waals surface area contributed by atoms with Gasteiger partial charge in [-0.1, -0.05) is 48.2 Å². The van der Waals surface area contributed by atoms with Crippen molar-refractivity contribution >= 4 is 34.7 Å². The minimum Gasteiger partial charge on any atom is -0.461 e. The van der Waals surface area contributed by atoms with Gasteiger partial charge >= 0.3 is 0 Å². The Bertz CT molecular complexity index is 1390. The van der Waals surface area contributed by atoms with E-state index in [-0.39, 0.29) is 12.3 Å². The molecule has 170 valence electrons. The van der Waals surface area contributed by atoms with E-state index in [1.807, 2.05) is 83.6 Å². The topological polar surface area (TPSA) is 85.8 Å². The molecule has 0 radical (unpaired) electrons. The van der Waals surface area contributed by atoms with E-state index in [1.54, 1.807) is 18.0 Å². The minimum atomic E-state index is -0.0743. The maximum Gasteiger partial charge on any atom is 0.231 e. The first kappa shape index (κ1) is 22.1. The van der Waals surface area contributed by atoms with Crippen molar-refractivity contribution in [2.75, 3.05) is 5.32 Å². The number of carbonyl (C=O) groups is 1. The maximum atomic E-state index is 12.5. The molecule has 0 spiro atoms. The average Bonchev–Trinajstić information content (AvgIpc) is 3.61. The first-order valence-corrected chi connectivity index (χ1v) is 12.5. The monoisotopic (exact) mass is 487 g/mol. The second-order valence-corrected chi connectivity index (χ2v) is 9.40. The van der Waals surface area contributed by atoms with Crippen molar-refractivity contribution in [3.05, 3.63) is 94.6 Å². The van der Waals surface area contributed by atoms with Gasteiger partial charge < -0.3 is 9.73 Å². The molecule has 7 nitrogen and oxygen atoms in total. The van der Waals surface area contributed by atoms with E-state index < -0.39 is 0 Å². The molecule has 34 heavy (non-hydrogen) atoms. The molecule has 1 amide bonds. The Labute approximate surface area is 204 Å². The first-order chi connectivity index (χ1) is 16.7. The van der Waals surface area contributed by atoms with E-state index >= 15 is 0 Å². The highest BCUT2D eigenvalue weighted by Crippen LogP contribution is 2.30. The molecule has 0 unspecified atom stereocenters. The van der Waals surface area contributed by atoms with Gasteiger partial charge in [-0.2, -0.15) is 0 Å². The number of aromatic nitrogens is 4. The molecule has 2 aromatic carbocycles. The molecule has 9 heteroatoms. The third-order valence-electron chi connectivity index (χ3n) is 5.07. The van der Waals surface area contributed by atoms with Gasteiger partial charge in [-0.05, 0) is 42.8 Å². The number of thiazole rings is 1. The van der Waals surface area contributed by atoms with Gasteiger partial charge in [0.05, 0.1) is 18.4 Å². The van der Waals surface area contributed by atoms with Gasteiger partial charge in [-0.25, -0.2) is 4.98 Å². The van der Waals surface area contributed by atoms with Crippen LogP contribution in [-0.4, -0.2) is 25.7 Å². The van der Waals surface area contributed by atoms with Gasteiger partial charge in [0.25, 0.3) is 0 Å². The summed E-state index contributed by atoms with van der Waals surface area (Å²) in [6.45, 7) is 1.97. The van der Waals surface area contributed by atoms with Crippen LogP contribution in [0, 0.1) is 6.92 Å². The fourth-order valence-electron chi connectivity index (χ4n) is 3.42. The average molecular weight is 488 g/mol. The van der Waals surface area contributed by atoms with E-state index in [2.05, 4.69) is 20.5 Å². The summed E-state index contributed by atoms with van der Waals surface area (Å²) >= 11 is 3.03. The molecule has 0 fully saturated rings. The van der Waals surface area contributed by atoms with Crippen LogP contribution in [0.5, 0.6) is 0 Å². The molecule has 1 N–H and O–H groups in total. The lowest BCUT2D eigenvalue weighted by Crippen LogP contribution is -2.15. The zero-order chi connectivity index (χ0) is 23.3. The van der Waals surface area contributed by atoms with Gasteiger partial charge in [-0.15, -0.1) is 21.5 Å². The van der Waals surface area contributed by atoms with Crippen molar-refractivity contribution in [1.82, 2.24) is 19.7 Å². The van der Waals surface area contributed by atoms with Crippen LogP contribution in [0.25, 0.3) is 17.3 Å². The van der Waals surface area contributed by atoms with Crippen LogP contribution in [0.4, 0.5) is 5.69 Å². The molecule has 0 atom stereocenters. The maximum absolute atomic E-state index is 12.5. The number of furan rings is 1. The molecule has 3 heterocycles. The molecule has 3 aromatic heterocycles. The molecule has 0 saturated heterocycles. The van der Waals surface area contributed by atoms with E-state index in [0.717, 1.165) is 32.8 Å². The fourth-order valence-corrected chi connectivity index (χ4v) is 5.16. The number of benzene rings is 2. The highest BCUT2D eigenvalue weighted by atomic mass is 32.2. The number of rotatable bonds is 8. The van der Waals surface area contributed by atoms with Crippen molar-refractivity contribution < 1.29 is 9.21 Å². The van der Waals surface area contributed by atoms with Crippen LogP contribution in [0.3, 0.4) is 0 Å². The Morgan fingerprint density at radius 3 is 2.68 bits per heavy atom. The van der Waals surface area contributed by atoms with Crippen molar-refractivity contribution in [3.63, 3.8) is 0 Å². The Morgan fingerprint density at radius 2 is 1.88 bits per heavy atom. The Morgan fingerprint density at radius 1 is 1.06 bits per heavy atom. The number of para-hydroxylation sites is 2. The van der Waals surface area contributed by atoms with Crippen LogP contribution in [0.1, 0.15) is 16.3 Å². The molecule has 0 aliphatic carbocycles. The largest absolute Gasteiger partial charge is 0.461 e. The number of aryl methyl sites for hydroxylation is 1. The lowest BCUT2D eigenvalue weighted by molar-refractivity contribution is -0.115. The number of thioether (sulfide) groups is 1. The molecular weight excluding hydrogens is 466 g/mol. The fraction of sp³-hybridized carbons (Fsp3) is 0.120. The first-order valence-electron chi connectivity index (χ1n) is 10.6. The summed E-state index contributed by atoms with van der Waals surface area (Å²) in [6, 6.07) is 21.4. The van der Waals surface area contributed by atoms with Crippen LogP contribution < -0.4 is 5.32 Å². The van der Waals surface area contributed by atoms with Gasteiger partial charge in [0, 0.05) is 22.5 Å². The molecule has 0 aliphatic heterocycles. The van der Waals surface area contributed by atoms with Gasteiger partial charge in [0.1, 0.15) is 5.01 Å². The highest BCUT2D eigenvalue weighted by molar-refractivity contribution is 7.98. The summed E-state index contributed by atoms with van der Waals surface area (Å²) in [7, 11) is 0. The molecule has 5 rings (SSSR count). The quantitative estimate of drug-likeness (QED) is 0.280. The second-order valence-electron chi connectivity index (χ2n) is 7.52. The van der Waals surface area contributed by atoms with E-state index in [0.29, 0.717) is 17.3 Å². The van der Waals surface area contributed by atoms with Crippen LogP contribution in [0.2, 0.25) is 0 Å². The summed E-state index contributed by atoms with van der Waals surface area (Å²) < 4.78 is 7.55. The van der Waals surface area contributed by atoms with E-state index in [4.69, 9.17) is 4.42 Å². The lowest BCUT2D eigenvalue weighted by Gasteiger charge is -2.08. The van der Waals surface area contributed by atoms with Gasteiger partial charge in [0.2, 0.25) is 11.7 Å². The number of carbonyl (C=O) groups excluding carboxylic acids is 1. The third kappa shape index (κ3) is 4.95. The number of hydrogen-bond donors (Lipinski definition) is 1. The number of nitrogens with one attached hydrogen (secondary N) is 1. The smallest absolute Gasteiger partial charge is 0.231 e. The Kier molecular flexibility index (Phi) is 6.55. The molecule has 0 saturated carbocycles. The number of hydrogen-bond acceptors (Lipinski definition) is 7. The van der Waals surface area contributed by atoms with Crippen LogP contribution >= 0.6 is 23.1 Å². The minimum absolute atomic E-state index is 0.0743. The standard InChI is InChI=1S/C25H21N5O2S2/c1-17-8-5-6-11-20(17)27-22(31)14-23-26-18(15-33-23)16-34-25-29-28-24(21-12-7-13-32-21)30(25)19-9-3-2-4-10-19/h2-13,15H,14,16H2,1H3,(H,27,31). The number of amides is 1. The molecule has 0 aliphatic rings. The van der Waals surface area contributed by atoms with Crippen molar-refractivity contribution in [3.8, 4) is 17.3 Å². The summed E-state index contributed by atoms with van der Waals surface area (Å²) in [5.41, 5.74) is 3.71. The predicted molar refractivity (Wildman–Crippen MR) is 134 cm³/mol. The van der Waals surface area contributed by atoms with Crippen molar-refractivity contribution in [2.24, 2.45) is 0 Å². The zero-order valence-electron chi connectivity index (χ0n) is 18.3. The summed E-state index contributed by atoms with van der Waals surface area (Å²) in [6.07, 6.45) is 1.87. The van der Waals surface area contributed by atoms with E-state index in [9.17, 15) is 4.79 Å². The SMILES string of the molecule is Cc1ccccc1NC(=O)Cc1nc(CSc2nnc(-c3ccco3)n2-c2ccccc2)cs1. The van der Waals surface area contributed by atoms with Gasteiger partial charge in [0.15, 0.2) is 10.9 Å². The van der Waals surface area contributed by atoms with E-state index in [1.165, 1.54) is 11.3 Å². The number of nitrogens with zero attached hydrogens (tertiary/aromatic N) is 4. The van der Waals surface area contributed by atoms with Crippen molar-refractivity contribution in [1.29, 1.82) is 0 Å². The zero-order valence-corrected chi connectivity index (χ0v) is 20.0.